The van der Waals surface area contributed by atoms with Crippen LogP contribution in [0.1, 0.15) is 45.4 Å². The van der Waals surface area contributed by atoms with Gasteiger partial charge in [-0.25, -0.2) is 0 Å². The summed E-state index contributed by atoms with van der Waals surface area (Å²) in [5.41, 5.74) is 0. The molecule has 15 heavy (non-hydrogen) atoms. The number of hydrogen-bond acceptors (Lipinski definition) is 2. The van der Waals surface area contributed by atoms with Crippen LogP contribution in [-0.2, 0) is 4.74 Å². The topological polar surface area (TPSA) is 21.3 Å². The third-order valence-electron chi connectivity index (χ3n) is 3.52. The van der Waals surface area contributed by atoms with Gasteiger partial charge in [0.05, 0.1) is 12.6 Å². The standard InChI is InChI=1S/C13H23NO/c1-2-9-14-13(11-6-3-4-7-11)12-8-5-10-15-12/h8,11,13-14H,2-7,9-10H2,1H3. The van der Waals surface area contributed by atoms with Gasteiger partial charge in [-0.2, -0.15) is 0 Å². The van der Waals surface area contributed by atoms with Gasteiger partial charge in [-0.3, -0.25) is 0 Å². The second-order valence-corrected chi connectivity index (χ2v) is 4.72. The first-order valence-electron chi connectivity index (χ1n) is 6.48. The number of rotatable bonds is 5. The molecule has 0 aromatic rings. The van der Waals surface area contributed by atoms with E-state index in [1.807, 2.05) is 0 Å². The molecule has 0 bridgehead atoms. The fourth-order valence-corrected chi connectivity index (χ4v) is 2.74. The Morgan fingerprint density at radius 3 is 2.87 bits per heavy atom. The van der Waals surface area contributed by atoms with Gasteiger partial charge in [0.2, 0.25) is 0 Å². The van der Waals surface area contributed by atoms with Gasteiger partial charge in [-0.05, 0) is 37.8 Å². The Kier molecular flexibility index (Phi) is 4.07. The average Bonchev–Trinajstić information content (AvgIpc) is 2.90. The van der Waals surface area contributed by atoms with Crippen LogP contribution in [0.3, 0.4) is 0 Å². The summed E-state index contributed by atoms with van der Waals surface area (Å²) in [7, 11) is 0. The van der Waals surface area contributed by atoms with Gasteiger partial charge in [0.1, 0.15) is 5.76 Å². The smallest absolute Gasteiger partial charge is 0.109 e. The van der Waals surface area contributed by atoms with Gasteiger partial charge < -0.3 is 10.1 Å². The van der Waals surface area contributed by atoms with Crippen molar-refractivity contribution in [2.24, 2.45) is 5.92 Å². The molecule has 0 spiro atoms. The zero-order valence-corrected chi connectivity index (χ0v) is 9.80. The fraction of sp³-hybridized carbons (Fsp3) is 0.846. The van der Waals surface area contributed by atoms with Crippen molar-refractivity contribution in [3.63, 3.8) is 0 Å². The van der Waals surface area contributed by atoms with Crippen molar-refractivity contribution in [1.29, 1.82) is 0 Å². The third kappa shape index (κ3) is 2.75. The predicted molar refractivity (Wildman–Crippen MR) is 62.7 cm³/mol. The molecule has 1 aliphatic heterocycles. The van der Waals surface area contributed by atoms with Crippen LogP contribution in [0.5, 0.6) is 0 Å². The molecule has 0 aromatic heterocycles. The van der Waals surface area contributed by atoms with Crippen LogP contribution in [0.2, 0.25) is 0 Å². The quantitative estimate of drug-likeness (QED) is 0.751. The minimum atomic E-state index is 0.509. The fourth-order valence-electron chi connectivity index (χ4n) is 2.74. The minimum Gasteiger partial charge on any atom is -0.496 e. The summed E-state index contributed by atoms with van der Waals surface area (Å²) < 4.78 is 5.72. The summed E-state index contributed by atoms with van der Waals surface area (Å²) in [6.07, 6.45) is 10.2. The molecule has 1 heterocycles. The maximum atomic E-state index is 5.72. The highest BCUT2D eigenvalue weighted by atomic mass is 16.5. The molecule has 1 saturated carbocycles. The summed E-state index contributed by atoms with van der Waals surface area (Å²) in [6.45, 7) is 4.23. The van der Waals surface area contributed by atoms with E-state index in [4.69, 9.17) is 4.74 Å². The lowest BCUT2D eigenvalue weighted by molar-refractivity contribution is 0.193. The molecule has 86 valence electrons. The molecule has 0 amide bonds. The van der Waals surface area contributed by atoms with Gasteiger partial charge in [-0.1, -0.05) is 19.8 Å². The molecular formula is C13H23NO. The third-order valence-corrected chi connectivity index (χ3v) is 3.52. The lowest BCUT2D eigenvalue weighted by Crippen LogP contribution is -2.37. The van der Waals surface area contributed by atoms with Gasteiger partial charge in [0.15, 0.2) is 0 Å². The highest BCUT2D eigenvalue weighted by Crippen LogP contribution is 2.32. The van der Waals surface area contributed by atoms with E-state index in [0.29, 0.717) is 6.04 Å². The van der Waals surface area contributed by atoms with Crippen LogP contribution in [0.25, 0.3) is 0 Å². The second-order valence-electron chi connectivity index (χ2n) is 4.72. The molecule has 0 saturated heterocycles. The Hall–Kier alpha value is -0.500. The molecule has 1 atom stereocenters. The summed E-state index contributed by atoms with van der Waals surface area (Å²) in [5.74, 6) is 2.05. The maximum Gasteiger partial charge on any atom is 0.109 e. The Balaban J connectivity index is 1.94. The van der Waals surface area contributed by atoms with Crippen molar-refractivity contribution in [2.45, 2.75) is 51.5 Å². The van der Waals surface area contributed by atoms with E-state index in [9.17, 15) is 0 Å². The van der Waals surface area contributed by atoms with E-state index >= 15 is 0 Å². The van der Waals surface area contributed by atoms with Crippen LogP contribution in [-0.4, -0.2) is 19.2 Å². The summed E-state index contributed by atoms with van der Waals surface area (Å²) in [5, 5.41) is 3.66. The highest BCUT2D eigenvalue weighted by Gasteiger charge is 2.29. The number of hydrogen-bond donors (Lipinski definition) is 1. The van der Waals surface area contributed by atoms with E-state index in [2.05, 4.69) is 18.3 Å². The van der Waals surface area contributed by atoms with Crippen LogP contribution in [0, 0.1) is 5.92 Å². The molecule has 0 radical (unpaired) electrons. The van der Waals surface area contributed by atoms with Crippen molar-refractivity contribution < 1.29 is 4.74 Å². The van der Waals surface area contributed by atoms with Crippen LogP contribution in [0.15, 0.2) is 11.8 Å². The van der Waals surface area contributed by atoms with E-state index in [1.165, 1.54) is 37.9 Å². The largest absolute Gasteiger partial charge is 0.496 e. The SMILES string of the molecule is CCCNC(C1=CCCO1)C1CCCC1. The van der Waals surface area contributed by atoms with Gasteiger partial charge in [0.25, 0.3) is 0 Å². The van der Waals surface area contributed by atoms with Crippen molar-refractivity contribution in [3.05, 3.63) is 11.8 Å². The van der Waals surface area contributed by atoms with Gasteiger partial charge in [0, 0.05) is 6.42 Å². The average molecular weight is 209 g/mol. The second kappa shape index (κ2) is 5.55. The molecule has 2 aliphatic rings. The predicted octanol–water partition coefficient (Wildman–Crippen LogP) is 2.85. The van der Waals surface area contributed by atoms with Crippen molar-refractivity contribution in [2.75, 3.05) is 13.2 Å². The van der Waals surface area contributed by atoms with Crippen LogP contribution in [0.4, 0.5) is 0 Å². The van der Waals surface area contributed by atoms with Gasteiger partial charge in [-0.15, -0.1) is 0 Å². The van der Waals surface area contributed by atoms with E-state index in [1.54, 1.807) is 0 Å². The monoisotopic (exact) mass is 209 g/mol. The molecular weight excluding hydrogens is 186 g/mol. The minimum absolute atomic E-state index is 0.509. The normalized spacial score (nSPS) is 23.9. The molecule has 1 fully saturated rings. The summed E-state index contributed by atoms with van der Waals surface area (Å²) in [4.78, 5) is 0. The molecule has 2 heteroatoms. The Labute approximate surface area is 93.1 Å². The number of ether oxygens (including phenoxy) is 1. The molecule has 1 aliphatic carbocycles. The van der Waals surface area contributed by atoms with E-state index in [0.717, 1.165) is 25.5 Å². The zero-order chi connectivity index (χ0) is 10.5. The lowest BCUT2D eigenvalue weighted by Gasteiger charge is -2.25. The van der Waals surface area contributed by atoms with Gasteiger partial charge >= 0.3 is 0 Å². The number of nitrogens with one attached hydrogen (secondary N) is 1. The van der Waals surface area contributed by atoms with Crippen LogP contribution >= 0.6 is 0 Å². The first kappa shape index (κ1) is 11.0. The van der Waals surface area contributed by atoms with Crippen molar-refractivity contribution in [3.8, 4) is 0 Å². The van der Waals surface area contributed by atoms with E-state index in [-0.39, 0.29) is 0 Å². The molecule has 2 rings (SSSR count). The zero-order valence-electron chi connectivity index (χ0n) is 9.80. The summed E-state index contributed by atoms with van der Waals surface area (Å²) in [6, 6.07) is 0.509. The Morgan fingerprint density at radius 2 is 2.27 bits per heavy atom. The first-order chi connectivity index (χ1) is 7.42. The van der Waals surface area contributed by atoms with Crippen molar-refractivity contribution in [1.82, 2.24) is 5.32 Å². The molecule has 1 unspecified atom stereocenters. The first-order valence-corrected chi connectivity index (χ1v) is 6.48. The van der Waals surface area contributed by atoms with Crippen molar-refractivity contribution >= 4 is 0 Å². The maximum absolute atomic E-state index is 5.72. The highest BCUT2D eigenvalue weighted by molar-refractivity contribution is 5.09. The Morgan fingerprint density at radius 1 is 1.47 bits per heavy atom. The Bertz CT molecular complexity index is 219. The van der Waals surface area contributed by atoms with E-state index < -0.39 is 0 Å². The van der Waals surface area contributed by atoms with Crippen LogP contribution < -0.4 is 5.32 Å². The lowest BCUT2D eigenvalue weighted by atomic mass is 9.96. The summed E-state index contributed by atoms with van der Waals surface area (Å²) >= 11 is 0. The molecule has 2 nitrogen and oxygen atoms in total. The molecule has 1 N–H and O–H groups in total. The molecule has 0 aromatic carbocycles.